The minimum Gasteiger partial charge on any atom is -0.466 e. The maximum atomic E-state index is 11.3. The molecule has 4 heteroatoms. The van der Waals surface area contributed by atoms with Gasteiger partial charge in [0.05, 0.1) is 18.6 Å². The summed E-state index contributed by atoms with van der Waals surface area (Å²) in [5.74, 6) is -0.121. The minimum absolute atomic E-state index is 0.00190. The smallest absolute Gasteiger partial charge is 0.308 e. The minimum atomic E-state index is -0.119. The average Bonchev–Trinajstić information content (AvgIpc) is 2.18. The van der Waals surface area contributed by atoms with Crippen LogP contribution in [0.5, 0.6) is 0 Å². The summed E-state index contributed by atoms with van der Waals surface area (Å²) in [4.78, 5) is 21.5. The van der Waals surface area contributed by atoms with Gasteiger partial charge >= 0.3 is 5.97 Å². The van der Waals surface area contributed by atoms with Crippen LogP contribution in [0, 0.1) is 10.8 Å². The van der Waals surface area contributed by atoms with Gasteiger partial charge in [0, 0.05) is 0 Å². The maximum absolute atomic E-state index is 11.3. The van der Waals surface area contributed by atoms with Crippen molar-refractivity contribution in [1.29, 1.82) is 0 Å². The van der Waals surface area contributed by atoms with Crippen molar-refractivity contribution in [2.24, 2.45) is 11.1 Å². The molecule has 0 aromatic carbocycles. The van der Waals surface area contributed by atoms with E-state index in [1.165, 1.54) is 0 Å². The number of nitrogens with zero attached hydrogens (tertiary/aromatic N) is 1. The Morgan fingerprint density at radius 3 is 2.46 bits per heavy atom. The topological polar surface area (TPSA) is 55.7 Å². The first-order chi connectivity index (χ1) is 6.27. The molecule has 13 heavy (non-hydrogen) atoms. The molecule has 0 unspecified atom stereocenters. The van der Waals surface area contributed by atoms with E-state index in [4.69, 9.17) is 4.74 Å². The number of hydrogen-bond acceptors (Lipinski definition) is 4. The molecule has 0 radical (unpaired) electrons. The molecular weight excluding hydrogens is 170 g/mol. The number of ether oxygens (including phenoxy) is 1. The van der Waals surface area contributed by atoms with Crippen LogP contribution < -0.4 is 0 Å². The first kappa shape index (κ1) is 10.2. The van der Waals surface area contributed by atoms with Crippen LogP contribution >= 0.6 is 0 Å². The van der Waals surface area contributed by atoms with Gasteiger partial charge in [-0.1, -0.05) is 5.18 Å². The number of carbonyl (C=O) groups excluding carboxylic acids is 1. The zero-order valence-corrected chi connectivity index (χ0v) is 7.86. The van der Waals surface area contributed by atoms with Crippen LogP contribution in [-0.4, -0.2) is 18.6 Å². The third-order valence-electron chi connectivity index (χ3n) is 2.47. The molecule has 0 amide bonds. The molecule has 0 N–H and O–H groups in total. The molecule has 1 aliphatic carbocycles. The van der Waals surface area contributed by atoms with E-state index >= 15 is 0 Å². The van der Waals surface area contributed by atoms with Crippen LogP contribution in [0.1, 0.15) is 32.6 Å². The predicted octanol–water partition coefficient (Wildman–Crippen LogP) is 1.87. The fraction of sp³-hybridized carbons (Fsp3) is 0.889. The maximum Gasteiger partial charge on any atom is 0.308 e. The lowest BCUT2D eigenvalue weighted by molar-refractivity contribution is -0.149. The summed E-state index contributed by atoms with van der Waals surface area (Å²) in [5.41, 5.74) is 0. The molecule has 0 atom stereocenters. The molecule has 1 rings (SSSR count). The highest BCUT2D eigenvalue weighted by molar-refractivity contribution is 5.72. The summed E-state index contributed by atoms with van der Waals surface area (Å²) >= 11 is 0. The summed E-state index contributed by atoms with van der Waals surface area (Å²) in [6.45, 7) is 2.24. The molecule has 74 valence electrons. The van der Waals surface area contributed by atoms with Crippen molar-refractivity contribution in [2.75, 3.05) is 6.61 Å². The van der Waals surface area contributed by atoms with E-state index in [9.17, 15) is 9.70 Å². The van der Waals surface area contributed by atoms with Crippen molar-refractivity contribution >= 4 is 5.97 Å². The summed E-state index contributed by atoms with van der Waals surface area (Å²) in [5, 5.41) is 2.99. The molecule has 0 bridgehead atoms. The van der Waals surface area contributed by atoms with Gasteiger partial charge < -0.3 is 4.74 Å². The van der Waals surface area contributed by atoms with Gasteiger partial charge in [0.25, 0.3) is 0 Å². The van der Waals surface area contributed by atoms with Crippen molar-refractivity contribution in [3.63, 3.8) is 0 Å². The SMILES string of the molecule is CCOC(=O)C1CCC(N=O)CC1. The van der Waals surface area contributed by atoms with Crippen LogP contribution in [0.4, 0.5) is 0 Å². The van der Waals surface area contributed by atoms with Crippen molar-refractivity contribution < 1.29 is 9.53 Å². The van der Waals surface area contributed by atoms with E-state index in [0.29, 0.717) is 6.61 Å². The van der Waals surface area contributed by atoms with Crippen LogP contribution in [0.2, 0.25) is 0 Å². The van der Waals surface area contributed by atoms with E-state index in [0.717, 1.165) is 25.7 Å². The number of esters is 1. The Labute approximate surface area is 77.6 Å². The quantitative estimate of drug-likeness (QED) is 0.498. The van der Waals surface area contributed by atoms with E-state index in [1.807, 2.05) is 0 Å². The van der Waals surface area contributed by atoms with E-state index in [2.05, 4.69) is 5.18 Å². The van der Waals surface area contributed by atoms with Gasteiger partial charge in [-0.3, -0.25) is 4.79 Å². The van der Waals surface area contributed by atoms with Crippen molar-refractivity contribution in [2.45, 2.75) is 38.6 Å². The second kappa shape index (κ2) is 4.94. The molecule has 4 nitrogen and oxygen atoms in total. The summed E-state index contributed by atoms with van der Waals surface area (Å²) < 4.78 is 4.90. The zero-order chi connectivity index (χ0) is 9.68. The first-order valence-electron chi connectivity index (χ1n) is 4.77. The van der Waals surface area contributed by atoms with Crippen molar-refractivity contribution in [3.8, 4) is 0 Å². The fourth-order valence-electron chi connectivity index (χ4n) is 1.68. The van der Waals surface area contributed by atoms with Gasteiger partial charge in [-0.25, -0.2) is 0 Å². The highest BCUT2D eigenvalue weighted by Crippen LogP contribution is 2.26. The zero-order valence-electron chi connectivity index (χ0n) is 7.86. The molecule has 1 saturated carbocycles. The third-order valence-corrected chi connectivity index (χ3v) is 2.47. The van der Waals surface area contributed by atoms with Crippen LogP contribution in [-0.2, 0) is 9.53 Å². The fourth-order valence-corrected chi connectivity index (χ4v) is 1.68. The Morgan fingerprint density at radius 1 is 1.38 bits per heavy atom. The molecule has 0 aromatic heterocycles. The lowest BCUT2D eigenvalue weighted by atomic mass is 9.86. The Bertz CT molecular complexity index is 185. The summed E-state index contributed by atoms with van der Waals surface area (Å²) in [6.07, 6.45) is 2.95. The Hall–Kier alpha value is -0.930. The Kier molecular flexibility index (Phi) is 3.86. The summed E-state index contributed by atoms with van der Waals surface area (Å²) in [7, 11) is 0. The molecule has 0 heterocycles. The molecule has 1 fully saturated rings. The lowest BCUT2D eigenvalue weighted by Gasteiger charge is -2.22. The standard InChI is InChI=1S/C9H15NO3/c1-2-13-9(11)7-3-5-8(10-12)6-4-7/h7-8H,2-6H2,1H3. The molecule has 0 aromatic rings. The monoisotopic (exact) mass is 185 g/mol. The van der Waals surface area contributed by atoms with Gasteiger partial charge in [-0.05, 0) is 32.6 Å². The lowest BCUT2D eigenvalue weighted by Crippen LogP contribution is -2.24. The molecule has 1 aliphatic rings. The molecule has 0 saturated heterocycles. The number of hydrogen-bond donors (Lipinski definition) is 0. The highest BCUT2D eigenvalue weighted by Gasteiger charge is 2.27. The largest absolute Gasteiger partial charge is 0.466 e. The number of rotatable bonds is 3. The van der Waals surface area contributed by atoms with Gasteiger partial charge in [0.1, 0.15) is 0 Å². The Balaban J connectivity index is 2.31. The van der Waals surface area contributed by atoms with Gasteiger partial charge in [0.2, 0.25) is 0 Å². The normalized spacial score (nSPS) is 28.1. The second-order valence-corrected chi connectivity index (χ2v) is 3.36. The van der Waals surface area contributed by atoms with E-state index in [-0.39, 0.29) is 17.9 Å². The van der Waals surface area contributed by atoms with Crippen LogP contribution in [0.15, 0.2) is 5.18 Å². The summed E-state index contributed by atoms with van der Waals surface area (Å²) in [6, 6.07) is -0.0781. The highest BCUT2D eigenvalue weighted by atomic mass is 16.5. The number of carbonyl (C=O) groups is 1. The van der Waals surface area contributed by atoms with Gasteiger partial charge in [-0.2, -0.15) is 4.91 Å². The van der Waals surface area contributed by atoms with Gasteiger partial charge in [0.15, 0.2) is 0 Å². The average molecular weight is 185 g/mol. The third kappa shape index (κ3) is 2.79. The van der Waals surface area contributed by atoms with Crippen LogP contribution in [0.25, 0.3) is 0 Å². The van der Waals surface area contributed by atoms with Crippen molar-refractivity contribution in [1.82, 2.24) is 0 Å². The molecule has 0 spiro atoms. The Morgan fingerprint density at radius 2 is 2.00 bits per heavy atom. The van der Waals surface area contributed by atoms with Crippen molar-refractivity contribution in [3.05, 3.63) is 4.91 Å². The predicted molar refractivity (Wildman–Crippen MR) is 48.2 cm³/mol. The molecule has 0 aliphatic heterocycles. The van der Waals surface area contributed by atoms with Gasteiger partial charge in [-0.15, -0.1) is 0 Å². The number of nitroso groups, excluding NO2 is 1. The van der Waals surface area contributed by atoms with E-state index < -0.39 is 0 Å². The first-order valence-corrected chi connectivity index (χ1v) is 4.77. The van der Waals surface area contributed by atoms with Crippen LogP contribution in [0.3, 0.4) is 0 Å². The van der Waals surface area contributed by atoms with E-state index in [1.54, 1.807) is 6.92 Å². The second-order valence-electron chi connectivity index (χ2n) is 3.36. The molecular formula is C9H15NO3.